The first kappa shape index (κ1) is 20.7. The molecule has 0 radical (unpaired) electrons. The van der Waals surface area contributed by atoms with E-state index in [1.165, 1.54) is 6.20 Å². The molecule has 0 spiro atoms. The lowest BCUT2D eigenvalue weighted by molar-refractivity contribution is -0.142. The van der Waals surface area contributed by atoms with Crippen LogP contribution < -0.4 is 10.2 Å². The number of alkyl carbamates (subject to hydrolysis) is 1. The highest BCUT2D eigenvalue weighted by Gasteiger charge is 2.31. The molecule has 0 saturated carbocycles. The molecule has 1 aromatic heterocycles. The number of anilines is 1. The van der Waals surface area contributed by atoms with Crippen LogP contribution in [0.1, 0.15) is 46.3 Å². The van der Waals surface area contributed by atoms with Gasteiger partial charge in [-0.1, -0.05) is 6.07 Å². The summed E-state index contributed by atoms with van der Waals surface area (Å²) in [6.45, 7) is 9.00. The quantitative estimate of drug-likeness (QED) is 0.716. The maximum Gasteiger partial charge on any atom is 0.408 e. The minimum atomic E-state index is -1.55. The third kappa shape index (κ3) is 6.22. The van der Waals surface area contributed by atoms with Gasteiger partial charge in [0.05, 0.1) is 0 Å². The van der Waals surface area contributed by atoms with Crippen molar-refractivity contribution in [1.82, 2.24) is 10.3 Å². The van der Waals surface area contributed by atoms with Gasteiger partial charge in [0.1, 0.15) is 17.5 Å². The van der Waals surface area contributed by atoms with Crippen molar-refractivity contribution in [3.63, 3.8) is 0 Å². The average molecular weight is 353 g/mol. The number of ether oxygens (including phenoxy) is 1. The van der Waals surface area contributed by atoms with Gasteiger partial charge in [-0.25, -0.2) is 14.6 Å². The first-order valence-corrected chi connectivity index (χ1v) is 8.01. The number of pyridine rings is 1. The van der Waals surface area contributed by atoms with Crippen molar-refractivity contribution in [2.45, 2.75) is 58.4 Å². The van der Waals surface area contributed by atoms with E-state index < -0.39 is 29.8 Å². The molecular weight excluding hydrogens is 326 g/mol. The normalized spacial score (nSPS) is 13.9. The summed E-state index contributed by atoms with van der Waals surface area (Å²) in [7, 11) is 1.88. The van der Waals surface area contributed by atoms with Gasteiger partial charge in [-0.15, -0.1) is 0 Å². The Morgan fingerprint density at radius 2 is 1.88 bits per heavy atom. The molecule has 0 fully saturated rings. The Morgan fingerprint density at radius 3 is 2.28 bits per heavy atom. The number of aliphatic hydroxyl groups is 1. The molecule has 8 nitrogen and oxygen atoms in total. The number of carboxylic acids is 1. The minimum Gasteiger partial charge on any atom is -0.480 e. The van der Waals surface area contributed by atoms with E-state index in [1.807, 2.05) is 25.8 Å². The number of carbonyl (C=O) groups excluding carboxylic acids is 1. The number of hydrogen-bond acceptors (Lipinski definition) is 6. The highest BCUT2D eigenvalue weighted by Crippen LogP contribution is 2.20. The molecular formula is C17H27N3O5. The number of rotatable bonds is 6. The monoisotopic (exact) mass is 353 g/mol. The van der Waals surface area contributed by atoms with Gasteiger partial charge in [-0.05, 0) is 40.7 Å². The SMILES string of the molecule is CC(C)N(C)c1ccc([C@H](O)[C@@H](NC(=O)OC(C)(C)C)C(=O)O)cn1. The molecule has 1 amide bonds. The van der Waals surface area contributed by atoms with E-state index >= 15 is 0 Å². The number of carbonyl (C=O) groups is 2. The van der Waals surface area contributed by atoms with Crippen molar-refractivity contribution in [2.75, 3.05) is 11.9 Å². The Labute approximate surface area is 147 Å². The summed E-state index contributed by atoms with van der Waals surface area (Å²) < 4.78 is 5.03. The van der Waals surface area contributed by atoms with Crippen LogP contribution in [-0.4, -0.2) is 52.0 Å². The number of hydrogen-bond donors (Lipinski definition) is 3. The number of nitrogens with one attached hydrogen (secondary N) is 1. The minimum absolute atomic E-state index is 0.240. The summed E-state index contributed by atoms with van der Waals surface area (Å²) in [5.41, 5.74) is -0.493. The fourth-order valence-electron chi connectivity index (χ4n) is 1.95. The van der Waals surface area contributed by atoms with Gasteiger partial charge >= 0.3 is 12.1 Å². The van der Waals surface area contributed by atoms with Crippen LogP contribution in [0.5, 0.6) is 0 Å². The zero-order valence-corrected chi connectivity index (χ0v) is 15.5. The first-order chi connectivity index (χ1) is 11.4. The molecule has 1 heterocycles. The third-order valence-electron chi connectivity index (χ3n) is 3.50. The molecule has 0 aliphatic rings. The van der Waals surface area contributed by atoms with Gasteiger partial charge in [0.2, 0.25) is 0 Å². The molecule has 1 rings (SSSR count). The van der Waals surface area contributed by atoms with Gasteiger partial charge in [0.15, 0.2) is 6.04 Å². The molecule has 1 aromatic rings. The Morgan fingerprint density at radius 1 is 1.28 bits per heavy atom. The van der Waals surface area contributed by atoms with Crippen molar-refractivity contribution >= 4 is 17.9 Å². The Bertz CT molecular complexity index is 595. The van der Waals surface area contributed by atoms with E-state index in [9.17, 15) is 19.8 Å². The topological polar surface area (TPSA) is 112 Å². The summed E-state index contributed by atoms with van der Waals surface area (Å²) in [5.74, 6) is -0.681. The fourth-order valence-corrected chi connectivity index (χ4v) is 1.95. The summed E-state index contributed by atoms with van der Waals surface area (Å²) in [6, 6.07) is 1.96. The molecule has 0 saturated heterocycles. The van der Waals surface area contributed by atoms with E-state index in [4.69, 9.17) is 4.74 Å². The van der Waals surface area contributed by atoms with Crippen molar-refractivity contribution in [1.29, 1.82) is 0 Å². The van der Waals surface area contributed by atoms with Crippen LogP contribution in [-0.2, 0) is 9.53 Å². The molecule has 3 N–H and O–H groups in total. The van der Waals surface area contributed by atoms with Gasteiger partial charge in [0.25, 0.3) is 0 Å². The second-order valence-electron chi connectivity index (χ2n) is 7.06. The zero-order chi connectivity index (χ0) is 19.4. The lowest BCUT2D eigenvalue weighted by Gasteiger charge is -2.25. The average Bonchev–Trinajstić information content (AvgIpc) is 2.49. The smallest absolute Gasteiger partial charge is 0.408 e. The van der Waals surface area contributed by atoms with E-state index in [1.54, 1.807) is 32.9 Å². The largest absolute Gasteiger partial charge is 0.480 e. The predicted octanol–water partition coefficient (Wildman–Crippen LogP) is 1.94. The second kappa shape index (κ2) is 8.15. The van der Waals surface area contributed by atoms with Crippen molar-refractivity contribution in [3.8, 4) is 0 Å². The van der Waals surface area contributed by atoms with Gasteiger partial charge < -0.3 is 25.2 Å². The third-order valence-corrected chi connectivity index (χ3v) is 3.50. The Hall–Kier alpha value is -2.35. The number of carboxylic acid groups (broad SMARTS) is 1. The van der Waals surface area contributed by atoms with Gasteiger partial charge in [-0.3, -0.25) is 0 Å². The molecule has 2 atom stereocenters. The van der Waals surface area contributed by atoms with Crippen molar-refractivity contribution < 1.29 is 24.5 Å². The molecule has 140 valence electrons. The van der Waals surface area contributed by atoms with E-state index in [0.717, 1.165) is 0 Å². The van der Waals surface area contributed by atoms with Crippen molar-refractivity contribution in [3.05, 3.63) is 23.9 Å². The molecule has 0 aliphatic heterocycles. The summed E-state index contributed by atoms with van der Waals surface area (Å²) in [6.07, 6.45) is -0.981. The lowest BCUT2D eigenvalue weighted by Crippen LogP contribution is -2.46. The highest BCUT2D eigenvalue weighted by atomic mass is 16.6. The predicted molar refractivity (Wildman–Crippen MR) is 93.5 cm³/mol. The molecule has 0 bridgehead atoms. The highest BCUT2D eigenvalue weighted by molar-refractivity contribution is 5.80. The summed E-state index contributed by atoms with van der Waals surface area (Å²) >= 11 is 0. The standard InChI is InChI=1S/C17H27N3O5/c1-10(2)20(6)12-8-7-11(9-18-12)14(21)13(15(22)23)19-16(24)25-17(3,4)5/h7-10,13-14,21H,1-6H3,(H,19,24)(H,22,23)/t13-,14+/m1/s1. The van der Waals surface area contributed by atoms with Gasteiger partial charge in [-0.2, -0.15) is 0 Å². The molecule has 8 heteroatoms. The van der Waals surface area contributed by atoms with Crippen molar-refractivity contribution in [2.24, 2.45) is 0 Å². The molecule has 25 heavy (non-hydrogen) atoms. The molecule has 0 aromatic carbocycles. The lowest BCUT2D eigenvalue weighted by atomic mass is 10.0. The van der Waals surface area contributed by atoms with Crippen LogP contribution in [0.2, 0.25) is 0 Å². The molecule has 0 aliphatic carbocycles. The maximum absolute atomic E-state index is 11.8. The first-order valence-electron chi connectivity index (χ1n) is 8.01. The molecule has 0 unspecified atom stereocenters. The van der Waals surface area contributed by atoms with Gasteiger partial charge in [0, 0.05) is 24.8 Å². The number of amides is 1. The summed E-state index contributed by atoms with van der Waals surface area (Å²) in [4.78, 5) is 29.4. The number of aliphatic carboxylic acids is 1. The Kier molecular flexibility index (Phi) is 6.75. The number of nitrogens with zero attached hydrogens (tertiary/aromatic N) is 2. The summed E-state index contributed by atoms with van der Waals surface area (Å²) in [5, 5.41) is 21.8. The number of aromatic nitrogens is 1. The maximum atomic E-state index is 11.8. The second-order valence-corrected chi connectivity index (χ2v) is 7.06. The van der Waals surface area contributed by atoms with E-state index in [0.29, 0.717) is 5.82 Å². The van der Waals surface area contributed by atoms with E-state index in [2.05, 4.69) is 10.3 Å². The van der Waals surface area contributed by atoms with Crippen LogP contribution in [0.15, 0.2) is 18.3 Å². The van der Waals surface area contributed by atoms with E-state index in [-0.39, 0.29) is 11.6 Å². The van der Waals surface area contributed by atoms with Crippen LogP contribution in [0.25, 0.3) is 0 Å². The fraction of sp³-hybridized carbons (Fsp3) is 0.588. The zero-order valence-electron chi connectivity index (χ0n) is 15.5. The number of aliphatic hydroxyl groups excluding tert-OH is 1. The Balaban J connectivity index is 2.90. The van der Waals surface area contributed by atoms with Crippen LogP contribution in [0.4, 0.5) is 10.6 Å². The van der Waals surface area contributed by atoms with Crippen LogP contribution in [0.3, 0.4) is 0 Å². The van der Waals surface area contributed by atoms with Crippen LogP contribution in [0, 0.1) is 0 Å². The van der Waals surface area contributed by atoms with Crippen LogP contribution >= 0.6 is 0 Å².